The molecule has 0 bridgehead atoms. The van der Waals surface area contributed by atoms with Crippen LogP contribution in [0.5, 0.6) is 0 Å². The molecule has 0 fully saturated rings. The number of aryl methyl sites for hydroxylation is 2. The van der Waals surface area contributed by atoms with E-state index in [2.05, 4.69) is 4.98 Å². The first-order chi connectivity index (χ1) is 7.54. The highest BCUT2D eigenvalue weighted by Gasteiger charge is 2.16. The molecule has 1 unspecified atom stereocenters. The third-order valence-corrected chi connectivity index (χ3v) is 3.00. The Kier molecular flexibility index (Phi) is 2.91. The van der Waals surface area contributed by atoms with Gasteiger partial charge in [-0.25, -0.2) is 4.98 Å². The van der Waals surface area contributed by atoms with E-state index in [0.29, 0.717) is 11.4 Å². The summed E-state index contributed by atoms with van der Waals surface area (Å²) in [7, 11) is 0. The Morgan fingerprint density at radius 1 is 1.50 bits per heavy atom. The van der Waals surface area contributed by atoms with E-state index in [9.17, 15) is 5.11 Å². The summed E-state index contributed by atoms with van der Waals surface area (Å²) in [4.78, 5) is 4.47. The zero-order chi connectivity index (χ0) is 11.9. The lowest BCUT2D eigenvalue weighted by Gasteiger charge is -2.09. The molecule has 0 saturated carbocycles. The van der Waals surface area contributed by atoms with Crippen LogP contribution in [0.4, 0.5) is 0 Å². The third-order valence-electron chi connectivity index (χ3n) is 2.79. The molecule has 2 aromatic rings. The first-order valence-corrected chi connectivity index (χ1v) is 5.75. The van der Waals surface area contributed by atoms with Crippen LogP contribution in [0.2, 0.25) is 5.02 Å². The molecule has 2 rings (SSSR count). The summed E-state index contributed by atoms with van der Waals surface area (Å²) in [5, 5.41) is 10.6. The Morgan fingerprint density at radius 3 is 2.81 bits per heavy atom. The minimum absolute atomic E-state index is 0.493. The molecule has 0 saturated heterocycles. The number of nitrogens with zero attached hydrogens (tertiary/aromatic N) is 2. The van der Waals surface area contributed by atoms with Gasteiger partial charge in [-0.1, -0.05) is 18.5 Å². The lowest BCUT2D eigenvalue weighted by atomic mass is 10.2. The van der Waals surface area contributed by atoms with Crippen molar-refractivity contribution in [3.8, 4) is 0 Å². The van der Waals surface area contributed by atoms with Crippen LogP contribution in [-0.2, 0) is 0 Å². The Hall–Kier alpha value is -1.06. The van der Waals surface area contributed by atoms with E-state index in [1.54, 1.807) is 6.20 Å². The van der Waals surface area contributed by atoms with Gasteiger partial charge in [0.15, 0.2) is 0 Å². The molecule has 2 heterocycles. The third kappa shape index (κ3) is 1.70. The zero-order valence-corrected chi connectivity index (χ0v) is 10.4. The molecule has 1 atom stereocenters. The maximum absolute atomic E-state index is 9.97. The van der Waals surface area contributed by atoms with Gasteiger partial charge in [-0.2, -0.15) is 0 Å². The molecular weight excluding hydrogens is 224 g/mol. The summed E-state index contributed by atoms with van der Waals surface area (Å²) >= 11 is 6.02. The molecule has 1 N–H and O–H groups in total. The van der Waals surface area contributed by atoms with Gasteiger partial charge in [-0.15, -0.1) is 0 Å². The Labute approximate surface area is 99.7 Å². The van der Waals surface area contributed by atoms with Crippen molar-refractivity contribution in [2.75, 3.05) is 0 Å². The molecule has 4 heteroatoms. The van der Waals surface area contributed by atoms with Gasteiger partial charge in [0.1, 0.15) is 5.65 Å². The second-order valence-corrected chi connectivity index (χ2v) is 4.48. The van der Waals surface area contributed by atoms with Crippen LogP contribution in [0.1, 0.15) is 36.4 Å². The molecule has 0 aromatic carbocycles. The van der Waals surface area contributed by atoms with E-state index in [-0.39, 0.29) is 0 Å². The van der Waals surface area contributed by atoms with Crippen LogP contribution in [0.15, 0.2) is 12.3 Å². The second kappa shape index (κ2) is 4.07. The van der Waals surface area contributed by atoms with E-state index in [0.717, 1.165) is 22.6 Å². The molecule has 0 aliphatic heterocycles. The molecule has 0 amide bonds. The number of hydrogen-bond donors (Lipinski definition) is 1. The summed E-state index contributed by atoms with van der Waals surface area (Å²) < 4.78 is 1.89. The number of halogens is 1. The lowest BCUT2D eigenvalue weighted by Crippen LogP contribution is -2.02. The average molecular weight is 239 g/mol. The summed E-state index contributed by atoms with van der Waals surface area (Å²) in [6, 6.07) is 1.88. The van der Waals surface area contributed by atoms with Gasteiger partial charge in [0.05, 0.1) is 22.5 Å². The number of aliphatic hydroxyl groups excluding tert-OH is 1. The number of aromatic nitrogens is 2. The predicted molar refractivity (Wildman–Crippen MR) is 64.9 cm³/mol. The van der Waals surface area contributed by atoms with Crippen molar-refractivity contribution in [2.24, 2.45) is 0 Å². The van der Waals surface area contributed by atoms with Gasteiger partial charge in [0, 0.05) is 6.20 Å². The smallest absolute Gasteiger partial charge is 0.140 e. The topological polar surface area (TPSA) is 37.5 Å². The first-order valence-electron chi connectivity index (χ1n) is 5.37. The SMILES string of the molecule is CCC(O)c1c(C)nc2c(C)cc(Cl)cn12. The predicted octanol–water partition coefficient (Wildman–Crippen LogP) is 3.05. The summed E-state index contributed by atoms with van der Waals surface area (Å²) in [5.74, 6) is 0. The van der Waals surface area contributed by atoms with Gasteiger partial charge in [0.2, 0.25) is 0 Å². The van der Waals surface area contributed by atoms with Crippen molar-refractivity contribution >= 4 is 17.2 Å². The monoisotopic (exact) mass is 238 g/mol. The van der Waals surface area contributed by atoms with Gasteiger partial charge < -0.3 is 5.11 Å². The number of imidazole rings is 1. The molecular formula is C12H15ClN2O. The number of pyridine rings is 1. The highest BCUT2D eigenvalue weighted by atomic mass is 35.5. The van der Waals surface area contributed by atoms with Crippen LogP contribution in [0, 0.1) is 13.8 Å². The van der Waals surface area contributed by atoms with E-state index < -0.39 is 6.10 Å². The minimum Gasteiger partial charge on any atom is -0.387 e. The van der Waals surface area contributed by atoms with Gasteiger partial charge in [-0.05, 0) is 31.9 Å². The number of hydrogen-bond acceptors (Lipinski definition) is 2. The highest BCUT2D eigenvalue weighted by molar-refractivity contribution is 6.30. The largest absolute Gasteiger partial charge is 0.387 e. The van der Waals surface area contributed by atoms with Gasteiger partial charge >= 0.3 is 0 Å². The molecule has 16 heavy (non-hydrogen) atoms. The maximum Gasteiger partial charge on any atom is 0.140 e. The first kappa shape index (κ1) is 11.4. The normalized spacial score (nSPS) is 13.3. The van der Waals surface area contributed by atoms with Crippen LogP contribution in [0.3, 0.4) is 0 Å². The van der Waals surface area contributed by atoms with Crippen LogP contribution in [-0.4, -0.2) is 14.5 Å². The molecule has 0 aliphatic rings. The molecule has 0 spiro atoms. The fourth-order valence-corrected chi connectivity index (χ4v) is 2.26. The van der Waals surface area contributed by atoms with Crippen LogP contribution >= 0.6 is 11.6 Å². The van der Waals surface area contributed by atoms with E-state index in [1.807, 2.05) is 31.2 Å². The highest BCUT2D eigenvalue weighted by Crippen LogP contribution is 2.25. The quantitative estimate of drug-likeness (QED) is 0.873. The standard InChI is InChI=1S/C12H15ClN2O/c1-4-10(16)11-8(3)14-12-7(2)5-9(13)6-15(11)12/h5-6,10,16H,4H2,1-3H3. The number of fused-ring (bicyclic) bond motifs is 1. The minimum atomic E-state index is -0.493. The van der Waals surface area contributed by atoms with Crippen molar-refractivity contribution in [3.63, 3.8) is 0 Å². The zero-order valence-electron chi connectivity index (χ0n) is 9.66. The number of aliphatic hydroxyl groups is 1. The average Bonchev–Trinajstić information content (AvgIpc) is 2.54. The van der Waals surface area contributed by atoms with E-state index in [1.165, 1.54) is 0 Å². The van der Waals surface area contributed by atoms with Crippen LogP contribution < -0.4 is 0 Å². The fourth-order valence-electron chi connectivity index (χ4n) is 1.99. The summed E-state index contributed by atoms with van der Waals surface area (Å²) in [6.07, 6.45) is 1.98. The fraction of sp³-hybridized carbons (Fsp3) is 0.417. The van der Waals surface area contributed by atoms with Crippen LogP contribution in [0.25, 0.3) is 5.65 Å². The van der Waals surface area contributed by atoms with Gasteiger partial charge in [-0.3, -0.25) is 4.40 Å². The lowest BCUT2D eigenvalue weighted by molar-refractivity contribution is 0.167. The Morgan fingerprint density at radius 2 is 2.19 bits per heavy atom. The van der Waals surface area contributed by atoms with Crippen molar-refractivity contribution in [1.82, 2.24) is 9.38 Å². The van der Waals surface area contributed by atoms with E-state index in [4.69, 9.17) is 11.6 Å². The van der Waals surface area contributed by atoms with E-state index >= 15 is 0 Å². The number of rotatable bonds is 2. The molecule has 86 valence electrons. The van der Waals surface area contributed by atoms with Crippen molar-refractivity contribution < 1.29 is 5.11 Å². The summed E-state index contributed by atoms with van der Waals surface area (Å²) in [5.41, 5.74) is 3.58. The maximum atomic E-state index is 9.97. The van der Waals surface area contributed by atoms with Crippen molar-refractivity contribution in [3.05, 3.63) is 34.2 Å². The molecule has 2 aromatic heterocycles. The molecule has 0 radical (unpaired) electrons. The van der Waals surface area contributed by atoms with Gasteiger partial charge in [0.25, 0.3) is 0 Å². The molecule has 3 nitrogen and oxygen atoms in total. The Bertz CT molecular complexity index is 533. The van der Waals surface area contributed by atoms with Crippen molar-refractivity contribution in [1.29, 1.82) is 0 Å². The Balaban J connectivity index is 2.78. The molecule has 0 aliphatic carbocycles. The van der Waals surface area contributed by atoms with Crippen molar-refractivity contribution in [2.45, 2.75) is 33.3 Å². The summed E-state index contributed by atoms with van der Waals surface area (Å²) in [6.45, 7) is 5.82. The second-order valence-electron chi connectivity index (χ2n) is 4.04.